The average Bonchev–Trinajstić information content (AvgIpc) is 3.07. The van der Waals surface area contributed by atoms with Gasteiger partial charge in [0.05, 0.1) is 20.1 Å². The summed E-state index contributed by atoms with van der Waals surface area (Å²) in [6, 6.07) is 15.9. The number of hydrazone groups is 1. The zero-order valence-electron chi connectivity index (χ0n) is 15.1. The molecule has 26 heavy (non-hydrogen) atoms. The second-order valence-electron chi connectivity index (χ2n) is 6.03. The molecule has 3 rings (SSSR count). The molecule has 2 aromatic rings. The van der Waals surface area contributed by atoms with E-state index in [1.807, 2.05) is 43.3 Å². The summed E-state index contributed by atoms with van der Waals surface area (Å²) in [7, 11) is 1.63. The molecule has 0 aromatic heterocycles. The van der Waals surface area contributed by atoms with Gasteiger partial charge in [0.15, 0.2) is 0 Å². The summed E-state index contributed by atoms with van der Waals surface area (Å²) in [6.45, 7) is 4.21. The fourth-order valence-corrected chi connectivity index (χ4v) is 3.96. The summed E-state index contributed by atoms with van der Waals surface area (Å²) in [5.41, 5.74) is 6.35. The number of nitrogens with zero attached hydrogens (tertiary/aromatic N) is 1. The number of esters is 1. The minimum atomic E-state index is -0.696. The Morgan fingerprint density at radius 3 is 2.46 bits per heavy atom. The van der Waals surface area contributed by atoms with Crippen molar-refractivity contribution in [3.63, 3.8) is 0 Å². The van der Waals surface area contributed by atoms with Gasteiger partial charge in [-0.3, -0.25) is 10.2 Å². The van der Waals surface area contributed by atoms with E-state index in [1.54, 1.807) is 14.0 Å². The molecule has 0 saturated carbocycles. The van der Waals surface area contributed by atoms with Crippen LogP contribution in [0.15, 0.2) is 53.6 Å². The van der Waals surface area contributed by atoms with Crippen LogP contribution in [0.3, 0.4) is 0 Å². The molecule has 0 amide bonds. The van der Waals surface area contributed by atoms with E-state index in [9.17, 15) is 4.79 Å². The summed E-state index contributed by atoms with van der Waals surface area (Å²) in [6.07, 6.45) is 0.177. The van der Waals surface area contributed by atoms with E-state index in [-0.39, 0.29) is 12.4 Å². The average molecular weight is 370 g/mol. The van der Waals surface area contributed by atoms with Gasteiger partial charge in [-0.05, 0) is 31.5 Å². The van der Waals surface area contributed by atoms with Gasteiger partial charge in [0.1, 0.15) is 15.7 Å². The summed E-state index contributed by atoms with van der Waals surface area (Å²) in [4.78, 5) is 11.5. The number of methoxy groups -OCH3 is 1. The number of thioether (sulfide) groups is 1. The Balaban J connectivity index is 1.89. The predicted octanol–water partition coefficient (Wildman–Crippen LogP) is 3.81. The van der Waals surface area contributed by atoms with Crippen molar-refractivity contribution in [3.8, 4) is 5.75 Å². The molecule has 0 unspecified atom stereocenters. The number of carbonyl (C=O) groups excluding carboxylic acids is 1. The van der Waals surface area contributed by atoms with Gasteiger partial charge in [0.2, 0.25) is 0 Å². The van der Waals surface area contributed by atoms with Crippen molar-refractivity contribution >= 4 is 22.8 Å². The van der Waals surface area contributed by atoms with Crippen molar-refractivity contribution in [3.05, 3.63) is 65.2 Å². The Morgan fingerprint density at radius 1 is 1.15 bits per heavy atom. The molecule has 1 heterocycles. The highest BCUT2D eigenvalue weighted by molar-refractivity contribution is 8.15. The third kappa shape index (κ3) is 3.85. The van der Waals surface area contributed by atoms with Gasteiger partial charge in [-0.25, -0.2) is 0 Å². The first-order valence-electron chi connectivity index (χ1n) is 8.47. The standard InChI is InChI=1S/C20H22N2O3S/c1-4-25-18(23)13-20(16-9-11-17(24-3)12-10-16)22-21-19(26-20)15-7-5-14(2)6-8-15/h5-12,22H,4,13H2,1-3H3/t20-/m1/s1. The summed E-state index contributed by atoms with van der Waals surface area (Å²) >= 11 is 1.54. The monoisotopic (exact) mass is 370 g/mol. The molecule has 0 radical (unpaired) electrons. The number of rotatable bonds is 6. The Kier molecular flexibility index (Phi) is 5.52. The Bertz CT molecular complexity index is 803. The van der Waals surface area contributed by atoms with Crippen molar-refractivity contribution < 1.29 is 14.3 Å². The maximum Gasteiger partial charge on any atom is 0.309 e. The second kappa shape index (κ2) is 7.83. The molecule has 0 bridgehead atoms. The van der Waals surface area contributed by atoms with Gasteiger partial charge in [-0.2, -0.15) is 5.10 Å². The molecule has 0 aliphatic carbocycles. The van der Waals surface area contributed by atoms with Crippen LogP contribution in [0.4, 0.5) is 0 Å². The molecule has 0 saturated heterocycles. The SMILES string of the molecule is CCOC(=O)C[C@@]1(c2ccc(OC)cc2)NN=C(c2ccc(C)cc2)S1. The fraction of sp³-hybridized carbons (Fsp3) is 0.300. The van der Waals surface area contributed by atoms with Gasteiger partial charge in [-0.15, -0.1) is 0 Å². The molecule has 2 aromatic carbocycles. The molecule has 136 valence electrons. The molecule has 0 spiro atoms. The van der Waals surface area contributed by atoms with Crippen molar-refractivity contribution in [2.75, 3.05) is 13.7 Å². The predicted molar refractivity (Wildman–Crippen MR) is 104 cm³/mol. The van der Waals surface area contributed by atoms with Gasteiger partial charge in [-0.1, -0.05) is 53.7 Å². The molecule has 0 fully saturated rings. The van der Waals surface area contributed by atoms with Crippen LogP contribution in [-0.4, -0.2) is 24.7 Å². The first kappa shape index (κ1) is 18.3. The first-order valence-corrected chi connectivity index (χ1v) is 9.29. The second-order valence-corrected chi connectivity index (χ2v) is 7.32. The molecular weight excluding hydrogens is 348 g/mol. The lowest BCUT2D eigenvalue weighted by atomic mass is 10.0. The quantitative estimate of drug-likeness (QED) is 0.784. The van der Waals surface area contributed by atoms with Crippen LogP contribution in [0.2, 0.25) is 0 Å². The number of hydrogen-bond acceptors (Lipinski definition) is 6. The van der Waals surface area contributed by atoms with Gasteiger partial charge in [0, 0.05) is 5.56 Å². The maximum atomic E-state index is 12.2. The van der Waals surface area contributed by atoms with E-state index in [1.165, 1.54) is 17.3 Å². The van der Waals surface area contributed by atoms with Crippen LogP contribution in [0.5, 0.6) is 5.75 Å². The smallest absolute Gasteiger partial charge is 0.309 e. The zero-order valence-corrected chi connectivity index (χ0v) is 15.9. The van der Waals surface area contributed by atoms with Crippen LogP contribution in [-0.2, 0) is 14.4 Å². The van der Waals surface area contributed by atoms with E-state index in [0.717, 1.165) is 21.9 Å². The maximum absolute atomic E-state index is 12.2. The van der Waals surface area contributed by atoms with Gasteiger partial charge in [0.25, 0.3) is 0 Å². The summed E-state index contributed by atoms with van der Waals surface area (Å²) in [5.74, 6) is 0.506. The van der Waals surface area contributed by atoms with E-state index in [2.05, 4.69) is 22.7 Å². The number of ether oxygens (including phenoxy) is 2. The minimum absolute atomic E-state index is 0.177. The molecule has 1 aliphatic rings. The number of aryl methyl sites for hydroxylation is 1. The van der Waals surface area contributed by atoms with Crippen LogP contribution < -0.4 is 10.2 Å². The van der Waals surface area contributed by atoms with E-state index < -0.39 is 4.87 Å². The lowest BCUT2D eigenvalue weighted by Crippen LogP contribution is -2.36. The number of carbonyl (C=O) groups is 1. The highest BCUT2D eigenvalue weighted by Gasteiger charge is 2.42. The van der Waals surface area contributed by atoms with Crippen molar-refractivity contribution in [2.24, 2.45) is 5.10 Å². The highest BCUT2D eigenvalue weighted by atomic mass is 32.2. The summed E-state index contributed by atoms with van der Waals surface area (Å²) < 4.78 is 10.4. The van der Waals surface area contributed by atoms with Crippen LogP contribution >= 0.6 is 11.8 Å². The van der Waals surface area contributed by atoms with Crippen LogP contribution in [0, 0.1) is 6.92 Å². The third-order valence-electron chi connectivity index (χ3n) is 4.16. The third-order valence-corrected chi connectivity index (χ3v) is 5.50. The van der Waals surface area contributed by atoms with Crippen molar-refractivity contribution in [2.45, 2.75) is 25.1 Å². The molecule has 6 heteroatoms. The normalized spacial score (nSPS) is 18.8. The van der Waals surface area contributed by atoms with Crippen molar-refractivity contribution in [1.29, 1.82) is 0 Å². The number of benzene rings is 2. The molecule has 1 atom stereocenters. The molecule has 5 nitrogen and oxygen atoms in total. The lowest BCUT2D eigenvalue weighted by molar-refractivity contribution is -0.144. The first-order chi connectivity index (χ1) is 12.6. The largest absolute Gasteiger partial charge is 0.497 e. The number of nitrogens with one attached hydrogen (secondary N) is 1. The van der Waals surface area contributed by atoms with Crippen LogP contribution in [0.1, 0.15) is 30.0 Å². The van der Waals surface area contributed by atoms with E-state index >= 15 is 0 Å². The zero-order chi connectivity index (χ0) is 18.6. The molecular formula is C20H22N2O3S. The lowest BCUT2D eigenvalue weighted by Gasteiger charge is -2.27. The fourth-order valence-electron chi connectivity index (χ4n) is 2.75. The minimum Gasteiger partial charge on any atom is -0.497 e. The van der Waals surface area contributed by atoms with E-state index in [4.69, 9.17) is 9.47 Å². The Hall–Kier alpha value is -2.47. The highest BCUT2D eigenvalue weighted by Crippen LogP contribution is 2.43. The Morgan fingerprint density at radius 2 is 1.85 bits per heavy atom. The number of hydrogen-bond donors (Lipinski definition) is 1. The topological polar surface area (TPSA) is 59.9 Å². The summed E-state index contributed by atoms with van der Waals surface area (Å²) in [5, 5.41) is 5.36. The van der Waals surface area contributed by atoms with E-state index in [0.29, 0.717) is 6.61 Å². The van der Waals surface area contributed by atoms with Gasteiger partial charge >= 0.3 is 5.97 Å². The van der Waals surface area contributed by atoms with Gasteiger partial charge < -0.3 is 9.47 Å². The molecule has 1 aliphatic heterocycles. The van der Waals surface area contributed by atoms with Crippen LogP contribution in [0.25, 0.3) is 0 Å². The van der Waals surface area contributed by atoms with Crippen molar-refractivity contribution in [1.82, 2.24) is 5.43 Å². The Labute approximate surface area is 157 Å². The molecule has 1 N–H and O–H groups in total.